The zero-order valence-electron chi connectivity index (χ0n) is 11.1. The first-order valence-corrected chi connectivity index (χ1v) is 6.20. The predicted molar refractivity (Wildman–Crippen MR) is 68.9 cm³/mol. The van der Waals surface area contributed by atoms with E-state index in [0.29, 0.717) is 0 Å². The number of hydrogen-bond donors (Lipinski definition) is 1. The molecule has 0 rings (SSSR count). The van der Waals surface area contributed by atoms with E-state index in [1.54, 1.807) is 0 Å². The molecule has 0 amide bonds. The second kappa shape index (κ2) is 17.5. The smallest absolute Gasteiger partial charge is 0.330 e. The Morgan fingerprint density at radius 1 is 1.18 bits per heavy atom. The van der Waals surface area contributed by atoms with Gasteiger partial charge >= 0.3 is 5.97 Å². The summed E-state index contributed by atoms with van der Waals surface area (Å²) in [7, 11) is 0. The van der Waals surface area contributed by atoms with Crippen molar-refractivity contribution in [1.29, 1.82) is 0 Å². The fourth-order valence-corrected chi connectivity index (χ4v) is 0.800. The summed E-state index contributed by atoms with van der Waals surface area (Å²) in [6, 6.07) is 0. The normalized spacial score (nSPS) is 9.12. The Kier molecular flexibility index (Phi) is 19.1. The van der Waals surface area contributed by atoms with Crippen molar-refractivity contribution in [3.63, 3.8) is 0 Å². The summed E-state index contributed by atoms with van der Waals surface area (Å²) in [5.74, 6) is -0.501. The van der Waals surface area contributed by atoms with Gasteiger partial charge in [-0.3, -0.25) is 0 Å². The Balaban J connectivity index is 0. The monoisotopic (exact) mass is 246 g/mol. The summed E-state index contributed by atoms with van der Waals surface area (Å²) < 4.78 is 9.65. The summed E-state index contributed by atoms with van der Waals surface area (Å²) in [6.45, 7) is 9.34. The Bertz CT molecular complexity index is 163. The van der Waals surface area contributed by atoms with Gasteiger partial charge in [0.15, 0.2) is 0 Å². The highest BCUT2D eigenvalue weighted by Gasteiger charge is 1.90. The standard InChI is InChI=1S/C8H18O.C5H8O3/c1-3-5-7-9-8-6-4-2;1-2-5(7)8-4-3-6/h3-8H2,1-2H3;2,6H,1,3-4H2. The van der Waals surface area contributed by atoms with E-state index >= 15 is 0 Å². The first-order chi connectivity index (χ1) is 8.22. The minimum atomic E-state index is -0.501. The molecule has 4 nitrogen and oxygen atoms in total. The van der Waals surface area contributed by atoms with Gasteiger partial charge in [0.2, 0.25) is 0 Å². The molecule has 0 aliphatic heterocycles. The Hall–Kier alpha value is -0.870. The molecule has 0 radical (unpaired) electrons. The van der Waals surface area contributed by atoms with Crippen molar-refractivity contribution in [2.24, 2.45) is 0 Å². The number of hydrogen-bond acceptors (Lipinski definition) is 4. The number of aliphatic hydroxyl groups excluding tert-OH is 1. The van der Waals surface area contributed by atoms with E-state index in [4.69, 9.17) is 9.84 Å². The molecule has 0 atom stereocenters. The first-order valence-electron chi connectivity index (χ1n) is 6.20. The SMILES string of the molecule is C=CC(=O)OCCO.CCCCOCCCC. The molecule has 0 spiro atoms. The minimum absolute atomic E-state index is 0.0465. The quantitative estimate of drug-likeness (QED) is 0.385. The van der Waals surface area contributed by atoms with Gasteiger partial charge in [0, 0.05) is 19.3 Å². The molecular formula is C13H26O4. The van der Waals surface area contributed by atoms with Crippen LogP contribution in [0.1, 0.15) is 39.5 Å². The lowest BCUT2D eigenvalue weighted by Gasteiger charge is -1.99. The number of rotatable bonds is 9. The van der Waals surface area contributed by atoms with E-state index in [0.717, 1.165) is 19.3 Å². The molecule has 0 heterocycles. The molecule has 0 saturated heterocycles. The third-order valence-corrected chi connectivity index (χ3v) is 1.79. The first kappa shape index (κ1) is 18.5. The van der Waals surface area contributed by atoms with Crippen LogP contribution in [0.15, 0.2) is 12.7 Å². The summed E-state index contributed by atoms with van der Waals surface area (Å²) in [5.41, 5.74) is 0. The van der Waals surface area contributed by atoms with Gasteiger partial charge in [-0.15, -0.1) is 0 Å². The number of carbonyl (C=O) groups is 1. The molecule has 0 aliphatic rings. The number of carbonyl (C=O) groups excluding carboxylic acids is 1. The molecule has 0 unspecified atom stereocenters. The van der Waals surface area contributed by atoms with E-state index in [-0.39, 0.29) is 13.2 Å². The molecule has 1 N–H and O–H groups in total. The average Bonchev–Trinajstić information content (AvgIpc) is 2.36. The summed E-state index contributed by atoms with van der Waals surface area (Å²) >= 11 is 0. The van der Waals surface area contributed by atoms with E-state index < -0.39 is 5.97 Å². The van der Waals surface area contributed by atoms with Crippen molar-refractivity contribution in [1.82, 2.24) is 0 Å². The van der Waals surface area contributed by atoms with Gasteiger partial charge in [-0.25, -0.2) is 4.79 Å². The van der Waals surface area contributed by atoms with Gasteiger partial charge < -0.3 is 14.6 Å². The van der Waals surface area contributed by atoms with E-state index in [9.17, 15) is 4.79 Å². The van der Waals surface area contributed by atoms with Crippen LogP contribution in [-0.4, -0.2) is 37.5 Å². The van der Waals surface area contributed by atoms with Crippen LogP contribution in [-0.2, 0) is 14.3 Å². The van der Waals surface area contributed by atoms with E-state index in [2.05, 4.69) is 25.2 Å². The maximum atomic E-state index is 10.1. The van der Waals surface area contributed by atoms with Gasteiger partial charge in [-0.1, -0.05) is 33.3 Å². The summed E-state index contributed by atoms with van der Waals surface area (Å²) in [6.07, 6.45) is 5.96. The highest BCUT2D eigenvalue weighted by molar-refractivity contribution is 5.81. The van der Waals surface area contributed by atoms with Gasteiger partial charge in [-0.05, 0) is 12.8 Å². The Labute approximate surface area is 105 Å². The molecule has 0 aromatic carbocycles. The maximum absolute atomic E-state index is 10.1. The molecule has 102 valence electrons. The largest absolute Gasteiger partial charge is 0.460 e. The van der Waals surface area contributed by atoms with Crippen molar-refractivity contribution in [3.8, 4) is 0 Å². The zero-order chi connectivity index (χ0) is 13.4. The number of ether oxygens (including phenoxy) is 2. The number of unbranched alkanes of at least 4 members (excludes halogenated alkanes) is 2. The molecule has 0 aromatic rings. The third-order valence-electron chi connectivity index (χ3n) is 1.79. The number of esters is 1. The second-order valence-electron chi connectivity index (χ2n) is 3.41. The molecular weight excluding hydrogens is 220 g/mol. The van der Waals surface area contributed by atoms with Gasteiger partial charge in [0.25, 0.3) is 0 Å². The van der Waals surface area contributed by atoms with Crippen LogP contribution in [0.5, 0.6) is 0 Å². The third kappa shape index (κ3) is 21.1. The van der Waals surface area contributed by atoms with Crippen molar-refractivity contribution in [2.45, 2.75) is 39.5 Å². The minimum Gasteiger partial charge on any atom is -0.460 e. The van der Waals surface area contributed by atoms with Gasteiger partial charge in [-0.2, -0.15) is 0 Å². The Morgan fingerprint density at radius 2 is 1.71 bits per heavy atom. The van der Waals surface area contributed by atoms with Crippen LogP contribution >= 0.6 is 0 Å². The summed E-state index contributed by atoms with van der Waals surface area (Å²) in [5, 5.41) is 8.10. The summed E-state index contributed by atoms with van der Waals surface area (Å²) in [4.78, 5) is 10.1. The lowest BCUT2D eigenvalue weighted by Crippen LogP contribution is -2.04. The lowest BCUT2D eigenvalue weighted by molar-refractivity contribution is -0.138. The second-order valence-corrected chi connectivity index (χ2v) is 3.41. The average molecular weight is 246 g/mol. The van der Waals surface area contributed by atoms with Crippen LogP contribution in [0.4, 0.5) is 0 Å². The molecule has 4 heteroatoms. The van der Waals surface area contributed by atoms with Crippen LogP contribution < -0.4 is 0 Å². The van der Waals surface area contributed by atoms with Crippen LogP contribution in [0.2, 0.25) is 0 Å². The highest BCUT2D eigenvalue weighted by Crippen LogP contribution is 1.91. The predicted octanol–water partition coefficient (Wildman–Crippen LogP) is 2.31. The molecule has 0 aromatic heterocycles. The molecule has 0 saturated carbocycles. The Morgan fingerprint density at radius 3 is 2.06 bits per heavy atom. The zero-order valence-corrected chi connectivity index (χ0v) is 11.1. The van der Waals surface area contributed by atoms with Crippen molar-refractivity contribution in [2.75, 3.05) is 26.4 Å². The maximum Gasteiger partial charge on any atom is 0.330 e. The van der Waals surface area contributed by atoms with E-state index in [1.165, 1.54) is 25.7 Å². The van der Waals surface area contributed by atoms with Gasteiger partial charge in [0.05, 0.1) is 6.61 Å². The van der Waals surface area contributed by atoms with Crippen molar-refractivity contribution < 1.29 is 19.4 Å². The van der Waals surface area contributed by atoms with Crippen molar-refractivity contribution in [3.05, 3.63) is 12.7 Å². The molecule has 0 bridgehead atoms. The van der Waals surface area contributed by atoms with Crippen LogP contribution in [0.25, 0.3) is 0 Å². The van der Waals surface area contributed by atoms with Crippen molar-refractivity contribution >= 4 is 5.97 Å². The molecule has 17 heavy (non-hydrogen) atoms. The fraction of sp³-hybridized carbons (Fsp3) is 0.769. The highest BCUT2D eigenvalue weighted by atomic mass is 16.5. The fourth-order valence-electron chi connectivity index (χ4n) is 0.800. The number of aliphatic hydroxyl groups is 1. The lowest BCUT2D eigenvalue weighted by atomic mass is 10.3. The molecule has 0 fully saturated rings. The van der Waals surface area contributed by atoms with Crippen LogP contribution in [0, 0.1) is 0 Å². The molecule has 0 aliphatic carbocycles. The van der Waals surface area contributed by atoms with Crippen LogP contribution in [0.3, 0.4) is 0 Å². The van der Waals surface area contributed by atoms with E-state index in [1.807, 2.05) is 0 Å². The van der Waals surface area contributed by atoms with Gasteiger partial charge in [0.1, 0.15) is 6.61 Å². The topological polar surface area (TPSA) is 55.8 Å².